The Balaban J connectivity index is 1.58. The van der Waals surface area contributed by atoms with Crippen LogP contribution in [-0.2, 0) is 27.9 Å². The zero-order valence-corrected chi connectivity index (χ0v) is 20.1. The summed E-state index contributed by atoms with van der Waals surface area (Å²) in [5.41, 5.74) is -1.29. The first-order valence-electron chi connectivity index (χ1n) is 10.6. The first kappa shape index (κ1) is 24.0. The molecule has 0 amide bonds. The SMILES string of the molecule is CNc1nc(C)nc2c1ncn2[C@@H]1O[C@@H]2CO[P@@](=O)(N[C@@H](C)C(=O)OC(C)C)O[C@H]2[C@@]1(C)F. The number of hydrogen-bond acceptors (Lipinski definition) is 10. The maximum atomic E-state index is 16.1. The maximum absolute atomic E-state index is 16.1. The van der Waals surface area contributed by atoms with E-state index in [1.165, 1.54) is 24.7 Å². The number of nitrogens with zero attached hydrogens (tertiary/aromatic N) is 4. The summed E-state index contributed by atoms with van der Waals surface area (Å²) >= 11 is 0. The van der Waals surface area contributed by atoms with Gasteiger partial charge in [-0.2, -0.15) is 0 Å². The van der Waals surface area contributed by atoms with Crippen molar-refractivity contribution in [2.75, 3.05) is 19.0 Å². The van der Waals surface area contributed by atoms with Gasteiger partial charge < -0.3 is 14.8 Å². The summed E-state index contributed by atoms with van der Waals surface area (Å²) in [4.78, 5) is 25.1. The van der Waals surface area contributed by atoms with Crippen LogP contribution in [0.25, 0.3) is 11.2 Å². The first-order chi connectivity index (χ1) is 15.4. The highest BCUT2D eigenvalue weighted by Gasteiger charge is 2.61. The van der Waals surface area contributed by atoms with Gasteiger partial charge in [-0.3, -0.25) is 18.4 Å². The molecule has 12 nitrogen and oxygen atoms in total. The second-order valence-corrected chi connectivity index (χ2v) is 10.2. The third kappa shape index (κ3) is 4.35. The normalized spacial score (nSPS) is 32.7. The molecule has 182 valence electrons. The molecule has 0 radical (unpaired) electrons. The van der Waals surface area contributed by atoms with Crippen molar-refractivity contribution in [3.8, 4) is 0 Å². The number of carbonyl (C=O) groups excluding carboxylic acids is 1. The summed E-state index contributed by atoms with van der Waals surface area (Å²) in [5, 5.41) is 5.46. The highest BCUT2D eigenvalue weighted by atomic mass is 31.2. The van der Waals surface area contributed by atoms with E-state index in [2.05, 4.69) is 25.4 Å². The number of esters is 1. The minimum atomic E-state index is -4.02. The van der Waals surface area contributed by atoms with Crippen molar-refractivity contribution >= 4 is 30.7 Å². The summed E-state index contributed by atoms with van der Waals surface area (Å²) in [6.07, 6.45) is -2.17. The molecule has 2 aliphatic rings. The van der Waals surface area contributed by atoms with Crippen molar-refractivity contribution in [2.45, 2.75) is 70.9 Å². The van der Waals surface area contributed by atoms with Crippen LogP contribution in [0.5, 0.6) is 0 Å². The van der Waals surface area contributed by atoms with Gasteiger partial charge in [-0.15, -0.1) is 0 Å². The molecule has 0 saturated carbocycles. The summed E-state index contributed by atoms with van der Waals surface area (Å²) in [6, 6.07) is -0.990. The van der Waals surface area contributed by atoms with Crippen LogP contribution >= 0.6 is 7.75 Å². The standard InChI is InChI=1S/C19H28FN6O6P/c1-9(2)30-17(27)10(3)25-33(28)29-7-12-14(32-33)19(5,20)18(31-12)26-8-22-13-15(21-6)23-11(4)24-16(13)26/h8-10,12,14,18H,7H2,1-6H3,(H,25,28)(H,21,23,24)/t10-,12+,14+,18+,19+,33-/m0/s1. The molecule has 2 saturated heterocycles. The van der Waals surface area contributed by atoms with E-state index >= 15 is 4.39 Å². The van der Waals surface area contributed by atoms with Crippen LogP contribution in [-0.4, -0.2) is 69.2 Å². The van der Waals surface area contributed by atoms with Crippen LogP contribution in [0.2, 0.25) is 0 Å². The molecule has 6 atom stereocenters. The van der Waals surface area contributed by atoms with E-state index in [0.717, 1.165) is 0 Å². The first-order valence-corrected chi connectivity index (χ1v) is 12.1. The summed E-state index contributed by atoms with van der Waals surface area (Å²) < 4.78 is 52.7. The number of carbonyl (C=O) groups is 1. The number of aromatic nitrogens is 4. The van der Waals surface area contributed by atoms with Gasteiger partial charge in [0.1, 0.15) is 24.1 Å². The number of fused-ring (bicyclic) bond motifs is 2. The van der Waals surface area contributed by atoms with E-state index in [0.29, 0.717) is 22.8 Å². The average Bonchev–Trinajstić information content (AvgIpc) is 3.24. The molecule has 2 aromatic heterocycles. The van der Waals surface area contributed by atoms with E-state index in [9.17, 15) is 9.36 Å². The Morgan fingerprint density at radius 2 is 2.12 bits per heavy atom. The third-order valence-electron chi connectivity index (χ3n) is 5.42. The van der Waals surface area contributed by atoms with Gasteiger partial charge in [0.15, 0.2) is 28.9 Å². The van der Waals surface area contributed by atoms with Crippen LogP contribution in [0, 0.1) is 6.92 Å². The van der Waals surface area contributed by atoms with Crippen molar-refractivity contribution in [1.82, 2.24) is 24.6 Å². The van der Waals surface area contributed by atoms with E-state index in [4.69, 9.17) is 18.5 Å². The molecule has 2 fully saturated rings. The summed E-state index contributed by atoms with van der Waals surface area (Å²) in [7, 11) is -2.32. The molecular formula is C19H28FN6O6P. The number of halogens is 1. The predicted octanol–water partition coefficient (Wildman–Crippen LogP) is 2.26. The second kappa shape index (κ2) is 8.55. The Labute approximate surface area is 190 Å². The molecule has 33 heavy (non-hydrogen) atoms. The van der Waals surface area contributed by atoms with E-state index in [-0.39, 0.29) is 12.7 Å². The lowest BCUT2D eigenvalue weighted by molar-refractivity contribution is -0.149. The van der Waals surface area contributed by atoms with Crippen LogP contribution in [0.1, 0.15) is 39.7 Å². The zero-order valence-electron chi connectivity index (χ0n) is 19.2. The molecule has 2 aliphatic heterocycles. The number of hydrogen-bond donors (Lipinski definition) is 2. The number of imidazole rings is 1. The van der Waals surface area contributed by atoms with Gasteiger partial charge >= 0.3 is 13.7 Å². The fourth-order valence-electron chi connectivity index (χ4n) is 3.92. The van der Waals surface area contributed by atoms with Gasteiger partial charge in [0.2, 0.25) is 0 Å². The van der Waals surface area contributed by atoms with Crippen molar-refractivity contribution < 1.29 is 32.3 Å². The van der Waals surface area contributed by atoms with Crippen molar-refractivity contribution in [2.24, 2.45) is 0 Å². The molecule has 14 heteroatoms. The monoisotopic (exact) mass is 486 g/mol. The van der Waals surface area contributed by atoms with Crippen LogP contribution in [0.4, 0.5) is 10.2 Å². The Kier molecular flexibility index (Phi) is 6.21. The second-order valence-electron chi connectivity index (χ2n) is 8.53. The maximum Gasteiger partial charge on any atom is 0.406 e. The molecule has 0 spiro atoms. The Morgan fingerprint density at radius 3 is 2.79 bits per heavy atom. The quantitative estimate of drug-likeness (QED) is 0.459. The number of rotatable bonds is 6. The molecule has 0 bridgehead atoms. The van der Waals surface area contributed by atoms with Gasteiger partial charge in [-0.25, -0.2) is 29.0 Å². The molecule has 2 aromatic rings. The lowest BCUT2D eigenvalue weighted by Crippen LogP contribution is -2.47. The molecule has 4 rings (SSSR count). The van der Waals surface area contributed by atoms with Crippen LogP contribution in [0.15, 0.2) is 6.33 Å². The molecular weight excluding hydrogens is 458 g/mol. The van der Waals surface area contributed by atoms with Crippen molar-refractivity contribution in [3.05, 3.63) is 12.2 Å². The molecule has 0 aliphatic carbocycles. The topological polar surface area (TPSA) is 139 Å². The largest absolute Gasteiger partial charge is 0.462 e. The lowest BCUT2D eigenvalue weighted by Gasteiger charge is -2.35. The third-order valence-corrected chi connectivity index (χ3v) is 7.12. The highest BCUT2D eigenvalue weighted by Crippen LogP contribution is 2.57. The van der Waals surface area contributed by atoms with Crippen LogP contribution in [0.3, 0.4) is 0 Å². The molecule has 2 N–H and O–H groups in total. The number of nitrogens with one attached hydrogen (secondary N) is 2. The van der Waals surface area contributed by atoms with E-state index in [1.54, 1.807) is 27.8 Å². The number of ether oxygens (including phenoxy) is 2. The van der Waals surface area contributed by atoms with Crippen molar-refractivity contribution in [3.63, 3.8) is 0 Å². The minimum absolute atomic E-state index is 0.195. The summed E-state index contributed by atoms with van der Waals surface area (Å²) in [6.45, 7) is 7.67. The number of alkyl halides is 1. The number of anilines is 1. The zero-order chi connectivity index (χ0) is 24.1. The predicted molar refractivity (Wildman–Crippen MR) is 115 cm³/mol. The van der Waals surface area contributed by atoms with Gasteiger partial charge in [0, 0.05) is 7.05 Å². The average molecular weight is 486 g/mol. The van der Waals surface area contributed by atoms with Crippen molar-refractivity contribution in [1.29, 1.82) is 0 Å². The Hall–Kier alpha value is -2.18. The molecule has 4 heterocycles. The summed E-state index contributed by atoms with van der Waals surface area (Å²) in [5.74, 6) is 0.348. The lowest BCUT2D eigenvalue weighted by atomic mass is 9.98. The van der Waals surface area contributed by atoms with Gasteiger partial charge in [0.05, 0.1) is 19.0 Å². The van der Waals surface area contributed by atoms with Gasteiger partial charge in [-0.05, 0) is 34.6 Å². The van der Waals surface area contributed by atoms with E-state index in [1.807, 2.05) is 0 Å². The van der Waals surface area contributed by atoms with Gasteiger partial charge in [-0.1, -0.05) is 0 Å². The smallest absolute Gasteiger partial charge is 0.406 e. The molecule has 0 unspecified atom stereocenters. The van der Waals surface area contributed by atoms with E-state index < -0.39 is 43.9 Å². The highest BCUT2D eigenvalue weighted by molar-refractivity contribution is 7.51. The number of aryl methyl sites for hydroxylation is 1. The Morgan fingerprint density at radius 1 is 1.39 bits per heavy atom. The molecule has 0 aromatic carbocycles. The van der Waals surface area contributed by atoms with Crippen LogP contribution < -0.4 is 10.4 Å². The fourth-order valence-corrected chi connectivity index (χ4v) is 5.68. The Bertz CT molecular complexity index is 1110. The fraction of sp³-hybridized carbons (Fsp3) is 0.684. The minimum Gasteiger partial charge on any atom is -0.462 e. The van der Waals surface area contributed by atoms with Gasteiger partial charge in [0.25, 0.3) is 0 Å².